The van der Waals surface area contributed by atoms with Crippen LogP contribution in [0, 0.1) is 12.7 Å². The lowest BCUT2D eigenvalue weighted by atomic mass is 10.1. The van der Waals surface area contributed by atoms with Crippen molar-refractivity contribution in [1.82, 2.24) is 15.3 Å². The van der Waals surface area contributed by atoms with Gasteiger partial charge in [-0.15, -0.1) is 0 Å². The van der Waals surface area contributed by atoms with Crippen LogP contribution in [0.4, 0.5) is 4.39 Å². The van der Waals surface area contributed by atoms with Gasteiger partial charge in [0.05, 0.1) is 12.2 Å². The van der Waals surface area contributed by atoms with Crippen molar-refractivity contribution in [2.24, 2.45) is 0 Å². The third-order valence-electron chi connectivity index (χ3n) is 3.17. The Kier molecular flexibility index (Phi) is 3.25. The smallest absolute Gasteiger partial charge is 0.143 e. The van der Waals surface area contributed by atoms with Gasteiger partial charge >= 0.3 is 0 Å². The molecule has 19 heavy (non-hydrogen) atoms. The van der Waals surface area contributed by atoms with Crippen molar-refractivity contribution in [3.8, 4) is 11.3 Å². The van der Waals surface area contributed by atoms with Gasteiger partial charge in [-0.25, -0.2) is 14.4 Å². The fourth-order valence-electron chi connectivity index (χ4n) is 2.00. The molecule has 1 fully saturated rings. The van der Waals surface area contributed by atoms with Crippen molar-refractivity contribution >= 4 is 0 Å². The maximum Gasteiger partial charge on any atom is 0.143 e. The highest BCUT2D eigenvalue weighted by molar-refractivity contribution is 5.59. The average molecular weight is 257 g/mol. The molecule has 98 valence electrons. The first kappa shape index (κ1) is 12.2. The number of aromatic nitrogens is 2. The van der Waals surface area contributed by atoms with E-state index in [1.54, 1.807) is 12.1 Å². The predicted molar refractivity (Wildman–Crippen MR) is 72.0 cm³/mol. The van der Waals surface area contributed by atoms with Crippen molar-refractivity contribution < 1.29 is 4.39 Å². The topological polar surface area (TPSA) is 37.8 Å². The van der Waals surface area contributed by atoms with E-state index >= 15 is 0 Å². The zero-order chi connectivity index (χ0) is 13.2. The minimum Gasteiger partial charge on any atom is -0.307 e. The van der Waals surface area contributed by atoms with E-state index in [1.165, 1.54) is 25.0 Å². The zero-order valence-corrected chi connectivity index (χ0v) is 10.9. The minimum absolute atomic E-state index is 0.231. The number of halogens is 1. The molecule has 0 saturated heterocycles. The molecule has 0 bridgehead atoms. The Morgan fingerprint density at radius 2 is 1.95 bits per heavy atom. The van der Waals surface area contributed by atoms with Gasteiger partial charge < -0.3 is 5.32 Å². The van der Waals surface area contributed by atoms with Crippen molar-refractivity contribution in [2.75, 3.05) is 0 Å². The van der Waals surface area contributed by atoms with Crippen molar-refractivity contribution in [1.29, 1.82) is 0 Å². The number of hydrogen-bond acceptors (Lipinski definition) is 3. The SMILES string of the molecule is Cc1cc(-c2ccc(F)cc2)nc(CNC2CC2)n1. The molecule has 0 radical (unpaired) electrons. The average Bonchev–Trinajstić information content (AvgIpc) is 3.20. The maximum absolute atomic E-state index is 12.9. The van der Waals surface area contributed by atoms with Gasteiger partial charge in [0.2, 0.25) is 0 Å². The summed E-state index contributed by atoms with van der Waals surface area (Å²) in [7, 11) is 0. The van der Waals surface area contributed by atoms with Crippen LogP contribution in [0.2, 0.25) is 0 Å². The van der Waals surface area contributed by atoms with Gasteiger partial charge in [0.15, 0.2) is 0 Å². The van der Waals surface area contributed by atoms with Crippen LogP contribution in [0.5, 0.6) is 0 Å². The summed E-state index contributed by atoms with van der Waals surface area (Å²) in [6.45, 7) is 2.65. The molecule has 1 aliphatic rings. The van der Waals surface area contributed by atoms with Crippen LogP contribution >= 0.6 is 0 Å². The van der Waals surface area contributed by atoms with E-state index in [-0.39, 0.29) is 5.82 Å². The second-order valence-electron chi connectivity index (χ2n) is 4.97. The Labute approximate surface area is 111 Å². The molecular weight excluding hydrogens is 241 g/mol. The molecule has 1 aromatic heterocycles. The zero-order valence-electron chi connectivity index (χ0n) is 10.9. The molecular formula is C15H16FN3. The number of nitrogens with one attached hydrogen (secondary N) is 1. The molecule has 1 aliphatic carbocycles. The molecule has 1 aromatic carbocycles. The van der Waals surface area contributed by atoms with Crippen LogP contribution in [0.15, 0.2) is 30.3 Å². The van der Waals surface area contributed by atoms with Crippen LogP contribution in [0.25, 0.3) is 11.3 Å². The number of aryl methyl sites for hydroxylation is 1. The lowest BCUT2D eigenvalue weighted by molar-refractivity contribution is 0.628. The van der Waals surface area contributed by atoms with Crippen LogP contribution in [0.3, 0.4) is 0 Å². The van der Waals surface area contributed by atoms with Crippen LogP contribution in [-0.2, 0) is 6.54 Å². The molecule has 0 amide bonds. The van der Waals surface area contributed by atoms with Crippen molar-refractivity contribution in [2.45, 2.75) is 32.4 Å². The Morgan fingerprint density at radius 1 is 1.21 bits per heavy atom. The second-order valence-corrected chi connectivity index (χ2v) is 4.97. The summed E-state index contributed by atoms with van der Waals surface area (Å²) in [4.78, 5) is 8.97. The highest BCUT2D eigenvalue weighted by atomic mass is 19.1. The number of nitrogens with zero attached hydrogens (tertiary/aromatic N) is 2. The summed E-state index contributed by atoms with van der Waals surface area (Å²) in [5.41, 5.74) is 2.70. The fraction of sp³-hybridized carbons (Fsp3) is 0.333. The van der Waals surface area contributed by atoms with Crippen LogP contribution in [-0.4, -0.2) is 16.0 Å². The molecule has 3 rings (SSSR count). The molecule has 0 unspecified atom stereocenters. The lowest BCUT2D eigenvalue weighted by Gasteiger charge is -2.07. The monoisotopic (exact) mass is 257 g/mol. The standard InChI is InChI=1S/C15H16FN3/c1-10-8-14(11-2-4-12(16)5-3-11)19-15(18-10)9-17-13-6-7-13/h2-5,8,13,17H,6-7,9H2,1H3. The largest absolute Gasteiger partial charge is 0.307 e. The number of hydrogen-bond donors (Lipinski definition) is 1. The van der Waals surface area contributed by atoms with E-state index in [0.717, 1.165) is 22.8 Å². The van der Waals surface area contributed by atoms with Gasteiger partial charge in [0.25, 0.3) is 0 Å². The van der Waals surface area contributed by atoms with E-state index in [9.17, 15) is 4.39 Å². The van der Waals surface area contributed by atoms with Crippen LogP contribution < -0.4 is 5.32 Å². The molecule has 0 aliphatic heterocycles. The summed E-state index contributed by atoms with van der Waals surface area (Å²) in [5.74, 6) is 0.566. The van der Waals surface area contributed by atoms with E-state index in [2.05, 4.69) is 15.3 Å². The Hall–Kier alpha value is -1.81. The summed E-state index contributed by atoms with van der Waals surface area (Å²) >= 11 is 0. The molecule has 1 N–H and O–H groups in total. The Bertz CT molecular complexity index is 576. The van der Waals surface area contributed by atoms with Gasteiger partial charge in [-0.1, -0.05) is 0 Å². The molecule has 0 spiro atoms. The summed E-state index contributed by atoms with van der Waals surface area (Å²) < 4.78 is 12.9. The van der Waals surface area contributed by atoms with Crippen LogP contribution in [0.1, 0.15) is 24.4 Å². The maximum atomic E-state index is 12.9. The molecule has 1 heterocycles. The summed E-state index contributed by atoms with van der Waals surface area (Å²) in [6.07, 6.45) is 2.49. The summed E-state index contributed by atoms with van der Waals surface area (Å²) in [6, 6.07) is 8.96. The number of benzene rings is 1. The molecule has 2 aromatic rings. The van der Waals surface area contributed by atoms with E-state index in [4.69, 9.17) is 0 Å². The summed E-state index contributed by atoms with van der Waals surface area (Å²) in [5, 5.41) is 3.40. The molecule has 1 saturated carbocycles. The highest BCUT2D eigenvalue weighted by Crippen LogP contribution is 2.20. The first-order chi connectivity index (χ1) is 9.20. The van der Waals surface area contributed by atoms with Gasteiger partial charge in [0.1, 0.15) is 11.6 Å². The first-order valence-corrected chi connectivity index (χ1v) is 6.54. The quantitative estimate of drug-likeness (QED) is 0.915. The first-order valence-electron chi connectivity index (χ1n) is 6.54. The molecule has 3 nitrogen and oxygen atoms in total. The van der Waals surface area contributed by atoms with Crippen molar-refractivity contribution in [3.05, 3.63) is 47.7 Å². The molecule has 0 atom stereocenters. The third kappa shape index (κ3) is 3.15. The second kappa shape index (κ2) is 5.05. The van der Waals surface area contributed by atoms with Crippen molar-refractivity contribution in [3.63, 3.8) is 0 Å². The third-order valence-corrected chi connectivity index (χ3v) is 3.17. The van der Waals surface area contributed by atoms with E-state index < -0.39 is 0 Å². The minimum atomic E-state index is -0.231. The van der Waals surface area contributed by atoms with Gasteiger partial charge in [0, 0.05) is 17.3 Å². The highest BCUT2D eigenvalue weighted by Gasteiger charge is 2.20. The fourth-order valence-corrected chi connectivity index (χ4v) is 2.00. The van der Waals surface area contributed by atoms with E-state index in [1.807, 2.05) is 13.0 Å². The normalized spacial score (nSPS) is 14.6. The van der Waals surface area contributed by atoms with Gasteiger partial charge in [-0.3, -0.25) is 0 Å². The Balaban J connectivity index is 1.85. The van der Waals surface area contributed by atoms with E-state index in [0.29, 0.717) is 12.6 Å². The predicted octanol–water partition coefficient (Wildman–Crippen LogP) is 2.84. The van der Waals surface area contributed by atoms with Gasteiger partial charge in [-0.05, 0) is 50.1 Å². The number of rotatable bonds is 4. The molecule has 4 heteroatoms. The Morgan fingerprint density at radius 3 is 2.63 bits per heavy atom. The lowest BCUT2D eigenvalue weighted by Crippen LogP contribution is -2.17. The van der Waals surface area contributed by atoms with Gasteiger partial charge in [-0.2, -0.15) is 0 Å².